The molecule has 1 aliphatic rings. The zero-order valence-electron chi connectivity index (χ0n) is 12.1. The summed E-state index contributed by atoms with van der Waals surface area (Å²) in [5.41, 5.74) is 1.11. The number of nitro benzene ring substituents is 1. The van der Waals surface area contributed by atoms with E-state index >= 15 is 0 Å². The average molecular weight is 290 g/mol. The highest BCUT2D eigenvalue weighted by atomic mass is 16.6. The van der Waals surface area contributed by atoms with Crippen LogP contribution in [0.1, 0.15) is 13.3 Å². The van der Waals surface area contributed by atoms with Crippen molar-refractivity contribution in [3.8, 4) is 0 Å². The van der Waals surface area contributed by atoms with Crippen molar-refractivity contribution in [1.29, 1.82) is 0 Å². The minimum atomic E-state index is -0.426. The number of hydrogen-bond acceptors (Lipinski definition) is 6. The van der Waals surface area contributed by atoms with E-state index in [9.17, 15) is 10.1 Å². The minimum absolute atomic E-state index is 0.0260. The number of nitro groups is 1. The smallest absolute Gasteiger partial charge is 0.298 e. The van der Waals surface area contributed by atoms with Crippen molar-refractivity contribution in [3.63, 3.8) is 0 Å². The first kappa shape index (κ1) is 13.8. The Morgan fingerprint density at radius 3 is 3.05 bits per heavy atom. The number of nitrogens with zero attached hydrogens (tertiary/aromatic N) is 3. The first-order valence-corrected chi connectivity index (χ1v) is 7.05. The molecule has 0 radical (unpaired) electrons. The van der Waals surface area contributed by atoms with Gasteiger partial charge < -0.3 is 14.6 Å². The van der Waals surface area contributed by atoms with E-state index in [1.807, 2.05) is 11.9 Å². The van der Waals surface area contributed by atoms with Crippen molar-refractivity contribution in [2.75, 3.05) is 25.0 Å². The van der Waals surface area contributed by atoms with Crippen molar-refractivity contribution >= 4 is 22.8 Å². The number of hydrogen-bond donors (Lipinski definition) is 1. The lowest BCUT2D eigenvalue weighted by Crippen LogP contribution is -2.36. The third-order valence-electron chi connectivity index (χ3n) is 4.26. The van der Waals surface area contributed by atoms with Gasteiger partial charge in [0.25, 0.3) is 11.7 Å². The van der Waals surface area contributed by atoms with Gasteiger partial charge in [0.05, 0.1) is 4.92 Å². The van der Waals surface area contributed by atoms with Crippen molar-refractivity contribution in [2.45, 2.75) is 19.4 Å². The van der Waals surface area contributed by atoms with Gasteiger partial charge in [-0.2, -0.15) is 4.98 Å². The number of oxazole rings is 1. The topological polar surface area (TPSA) is 84.4 Å². The van der Waals surface area contributed by atoms with Gasteiger partial charge in [-0.25, -0.2) is 0 Å². The largest absolute Gasteiger partial charge is 0.423 e. The molecule has 1 fully saturated rings. The zero-order chi connectivity index (χ0) is 15.0. The summed E-state index contributed by atoms with van der Waals surface area (Å²) in [6, 6.07) is 5.27. The number of aromatic nitrogens is 1. The summed E-state index contributed by atoms with van der Waals surface area (Å²) in [5.74, 6) is 0.555. The van der Waals surface area contributed by atoms with Gasteiger partial charge in [-0.05, 0) is 38.4 Å². The highest BCUT2D eigenvalue weighted by Crippen LogP contribution is 2.28. The molecule has 21 heavy (non-hydrogen) atoms. The van der Waals surface area contributed by atoms with Crippen molar-refractivity contribution in [2.24, 2.45) is 5.92 Å². The summed E-state index contributed by atoms with van der Waals surface area (Å²) < 4.78 is 5.72. The maximum Gasteiger partial charge on any atom is 0.298 e. The Kier molecular flexibility index (Phi) is 3.50. The second kappa shape index (κ2) is 5.33. The molecule has 2 heterocycles. The molecule has 0 bridgehead atoms. The lowest BCUT2D eigenvalue weighted by molar-refractivity contribution is -0.384. The number of rotatable bonds is 4. The Labute approximate surface area is 122 Å². The average Bonchev–Trinajstić information content (AvgIpc) is 3.13. The molecule has 112 valence electrons. The van der Waals surface area contributed by atoms with Crippen LogP contribution in [0.2, 0.25) is 0 Å². The first-order chi connectivity index (χ1) is 10.1. The van der Waals surface area contributed by atoms with Crippen LogP contribution in [0, 0.1) is 16.0 Å². The van der Waals surface area contributed by atoms with E-state index in [-0.39, 0.29) is 5.69 Å². The van der Waals surface area contributed by atoms with E-state index in [1.165, 1.54) is 12.1 Å². The molecule has 0 amide bonds. The molecular formula is C14H18N4O3. The van der Waals surface area contributed by atoms with Gasteiger partial charge in [-0.15, -0.1) is 0 Å². The zero-order valence-corrected chi connectivity index (χ0v) is 12.1. The van der Waals surface area contributed by atoms with Crippen molar-refractivity contribution < 1.29 is 9.34 Å². The number of fused-ring (bicyclic) bond motifs is 1. The first-order valence-electron chi connectivity index (χ1n) is 7.05. The third-order valence-corrected chi connectivity index (χ3v) is 4.26. The van der Waals surface area contributed by atoms with Crippen LogP contribution in [-0.2, 0) is 0 Å². The van der Waals surface area contributed by atoms with Crippen LogP contribution >= 0.6 is 0 Å². The third kappa shape index (κ3) is 2.56. The molecule has 1 N–H and O–H groups in total. The predicted octanol–water partition coefficient (Wildman–Crippen LogP) is 2.17. The predicted molar refractivity (Wildman–Crippen MR) is 79.5 cm³/mol. The highest BCUT2D eigenvalue weighted by Gasteiger charge is 2.27. The number of non-ortho nitro benzene ring substituents is 1. The fourth-order valence-electron chi connectivity index (χ4n) is 2.75. The standard InChI is InChI=1S/C14H18N4O3/c1-9(10-5-6-15-8-10)17(2)14-16-12-7-11(18(19)20)3-4-13(12)21-14/h3-4,7,9-10,15H,5-6,8H2,1-2H3. The highest BCUT2D eigenvalue weighted by molar-refractivity contribution is 5.77. The summed E-state index contributed by atoms with van der Waals surface area (Å²) in [5, 5.41) is 14.2. The summed E-state index contributed by atoms with van der Waals surface area (Å²) in [6.45, 7) is 4.19. The molecule has 1 aromatic carbocycles. The molecule has 2 aromatic rings. The van der Waals surface area contributed by atoms with Gasteiger partial charge in [0.1, 0.15) is 5.52 Å². The van der Waals surface area contributed by atoms with Crippen LogP contribution in [0.3, 0.4) is 0 Å². The van der Waals surface area contributed by atoms with Gasteiger partial charge in [0.2, 0.25) is 0 Å². The SMILES string of the molecule is CC(C1CCNC1)N(C)c1nc2cc([N+](=O)[O-])ccc2o1. The second-order valence-electron chi connectivity index (χ2n) is 5.51. The molecule has 3 rings (SSSR count). The van der Waals surface area contributed by atoms with Gasteiger partial charge in [-0.1, -0.05) is 0 Å². The van der Waals surface area contributed by atoms with E-state index in [1.54, 1.807) is 6.07 Å². The number of anilines is 1. The molecule has 1 aliphatic heterocycles. The van der Waals surface area contributed by atoms with Crippen molar-refractivity contribution in [1.82, 2.24) is 10.3 Å². The Morgan fingerprint density at radius 1 is 1.57 bits per heavy atom. The lowest BCUT2D eigenvalue weighted by atomic mass is 10.00. The monoisotopic (exact) mass is 290 g/mol. The number of benzene rings is 1. The van der Waals surface area contributed by atoms with E-state index in [0.717, 1.165) is 19.5 Å². The van der Waals surface area contributed by atoms with Gasteiger partial charge in [0.15, 0.2) is 5.58 Å². The molecule has 0 saturated carbocycles. The van der Waals surface area contributed by atoms with Gasteiger partial charge >= 0.3 is 0 Å². The van der Waals surface area contributed by atoms with E-state index < -0.39 is 4.92 Å². The molecule has 1 aromatic heterocycles. The lowest BCUT2D eigenvalue weighted by Gasteiger charge is -2.27. The maximum absolute atomic E-state index is 10.8. The fraction of sp³-hybridized carbons (Fsp3) is 0.500. The molecule has 7 heteroatoms. The number of nitrogens with one attached hydrogen (secondary N) is 1. The van der Waals surface area contributed by atoms with Crippen LogP contribution < -0.4 is 10.2 Å². The molecule has 2 unspecified atom stereocenters. The van der Waals surface area contributed by atoms with Crippen LogP contribution in [0.5, 0.6) is 0 Å². The second-order valence-corrected chi connectivity index (χ2v) is 5.51. The Hall–Kier alpha value is -2.15. The molecule has 0 spiro atoms. The van der Waals surface area contributed by atoms with Gasteiger partial charge in [-0.3, -0.25) is 10.1 Å². The van der Waals surface area contributed by atoms with Gasteiger partial charge in [0, 0.05) is 25.2 Å². The Bertz CT molecular complexity index is 663. The maximum atomic E-state index is 10.8. The van der Waals surface area contributed by atoms with Crippen LogP contribution in [0.25, 0.3) is 11.1 Å². The normalized spacial score (nSPS) is 19.8. The van der Waals surface area contributed by atoms with Crippen LogP contribution in [0.15, 0.2) is 22.6 Å². The minimum Gasteiger partial charge on any atom is -0.423 e. The summed E-state index contributed by atoms with van der Waals surface area (Å²) in [4.78, 5) is 16.8. The quantitative estimate of drug-likeness (QED) is 0.686. The van der Waals surface area contributed by atoms with Crippen LogP contribution in [-0.4, -0.2) is 36.1 Å². The van der Waals surface area contributed by atoms with E-state index in [2.05, 4.69) is 17.2 Å². The molecule has 0 aliphatic carbocycles. The Balaban J connectivity index is 1.87. The fourth-order valence-corrected chi connectivity index (χ4v) is 2.75. The molecular weight excluding hydrogens is 272 g/mol. The van der Waals surface area contributed by atoms with Crippen molar-refractivity contribution in [3.05, 3.63) is 28.3 Å². The van der Waals surface area contributed by atoms with Crippen LogP contribution in [0.4, 0.5) is 11.7 Å². The molecule has 1 saturated heterocycles. The molecule has 2 atom stereocenters. The Morgan fingerprint density at radius 2 is 2.38 bits per heavy atom. The summed E-state index contributed by atoms with van der Waals surface area (Å²) in [6.07, 6.45) is 1.14. The van der Waals surface area contributed by atoms with E-state index in [4.69, 9.17) is 4.42 Å². The molecule has 7 nitrogen and oxygen atoms in total. The summed E-state index contributed by atoms with van der Waals surface area (Å²) in [7, 11) is 1.95. The summed E-state index contributed by atoms with van der Waals surface area (Å²) >= 11 is 0. The van der Waals surface area contributed by atoms with E-state index in [0.29, 0.717) is 29.1 Å².